The Labute approximate surface area is 166 Å². The van der Waals surface area contributed by atoms with E-state index in [1.165, 1.54) is 11.3 Å². The summed E-state index contributed by atoms with van der Waals surface area (Å²) in [4.78, 5) is 2.42. The van der Waals surface area contributed by atoms with Crippen LogP contribution >= 0.6 is 0 Å². The molecule has 0 amide bonds. The standard InChI is InChI=1S/C22H27N5O/c1-22(2,3)27-21(23-24-25-27)20(17-12-6-8-14-19(17)28-4)26-15-9-11-16-10-5-7-13-18(16)26/h5-8,10,12-14,20H,9,11,15H2,1-4H3/t20-/m0/s1. The van der Waals surface area contributed by atoms with Crippen LogP contribution in [0.2, 0.25) is 0 Å². The van der Waals surface area contributed by atoms with Crippen LogP contribution in [0.5, 0.6) is 5.75 Å². The number of ether oxygens (including phenoxy) is 1. The van der Waals surface area contributed by atoms with Crippen LogP contribution in [-0.4, -0.2) is 33.9 Å². The lowest BCUT2D eigenvalue weighted by Crippen LogP contribution is -2.38. The molecule has 0 radical (unpaired) electrons. The molecule has 28 heavy (non-hydrogen) atoms. The third kappa shape index (κ3) is 3.23. The molecule has 2 heterocycles. The van der Waals surface area contributed by atoms with E-state index >= 15 is 0 Å². The van der Waals surface area contributed by atoms with E-state index in [0.29, 0.717) is 0 Å². The maximum absolute atomic E-state index is 5.72. The Balaban J connectivity index is 1.93. The number of anilines is 1. The van der Waals surface area contributed by atoms with Gasteiger partial charge in [-0.15, -0.1) is 5.10 Å². The summed E-state index contributed by atoms with van der Waals surface area (Å²) in [5.41, 5.74) is 3.45. The lowest BCUT2D eigenvalue weighted by atomic mass is 9.95. The van der Waals surface area contributed by atoms with Gasteiger partial charge in [0.25, 0.3) is 0 Å². The average molecular weight is 377 g/mol. The summed E-state index contributed by atoms with van der Waals surface area (Å²) in [5, 5.41) is 12.9. The molecule has 0 N–H and O–H groups in total. The molecular weight excluding hydrogens is 350 g/mol. The van der Waals surface area contributed by atoms with E-state index in [4.69, 9.17) is 4.74 Å². The highest BCUT2D eigenvalue weighted by atomic mass is 16.5. The molecule has 0 fully saturated rings. The third-order valence-electron chi connectivity index (χ3n) is 5.26. The van der Waals surface area contributed by atoms with Crippen molar-refractivity contribution in [3.63, 3.8) is 0 Å². The van der Waals surface area contributed by atoms with E-state index in [1.807, 2.05) is 22.9 Å². The van der Waals surface area contributed by atoms with Crippen LogP contribution in [0, 0.1) is 0 Å². The second kappa shape index (κ2) is 7.26. The molecule has 0 saturated heterocycles. The number of aryl methyl sites for hydroxylation is 1. The molecule has 6 heteroatoms. The number of fused-ring (bicyclic) bond motifs is 1. The lowest BCUT2D eigenvalue weighted by Gasteiger charge is -2.38. The SMILES string of the molecule is COc1ccccc1[C@@H](c1nnnn1C(C)(C)C)N1CCCc2ccccc21. The fourth-order valence-electron chi connectivity index (χ4n) is 4.01. The number of para-hydroxylation sites is 2. The smallest absolute Gasteiger partial charge is 0.179 e. The van der Waals surface area contributed by atoms with Crippen molar-refractivity contribution in [2.24, 2.45) is 0 Å². The first-order valence-electron chi connectivity index (χ1n) is 9.77. The molecule has 1 aromatic heterocycles. The Morgan fingerprint density at radius 1 is 1.04 bits per heavy atom. The van der Waals surface area contributed by atoms with Crippen molar-refractivity contribution in [1.82, 2.24) is 20.2 Å². The molecule has 0 bridgehead atoms. The molecule has 0 saturated carbocycles. The molecule has 1 aliphatic rings. The van der Waals surface area contributed by atoms with Gasteiger partial charge in [0, 0.05) is 17.8 Å². The Kier molecular flexibility index (Phi) is 4.79. The van der Waals surface area contributed by atoms with Gasteiger partial charge in [0.2, 0.25) is 0 Å². The van der Waals surface area contributed by atoms with E-state index < -0.39 is 0 Å². The van der Waals surface area contributed by atoms with Crippen LogP contribution in [0.4, 0.5) is 5.69 Å². The zero-order chi connectivity index (χ0) is 19.7. The number of benzene rings is 2. The summed E-state index contributed by atoms with van der Waals surface area (Å²) in [6, 6.07) is 16.7. The quantitative estimate of drug-likeness (QED) is 0.688. The van der Waals surface area contributed by atoms with Gasteiger partial charge in [0.1, 0.15) is 11.8 Å². The molecule has 3 aromatic rings. The number of hydrogen-bond donors (Lipinski definition) is 0. The zero-order valence-corrected chi connectivity index (χ0v) is 17.0. The minimum Gasteiger partial charge on any atom is -0.496 e. The minimum absolute atomic E-state index is 0.133. The largest absolute Gasteiger partial charge is 0.496 e. The molecule has 0 aliphatic carbocycles. The monoisotopic (exact) mass is 377 g/mol. The van der Waals surface area contributed by atoms with Crippen LogP contribution in [0.25, 0.3) is 0 Å². The Bertz CT molecular complexity index is 959. The van der Waals surface area contributed by atoms with Crippen LogP contribution in [0.1, 0.15) is 50.2 Å². The van der Waals surface area contributed by atoms with Gasteiger partial charge in [-0.25, -0.2) is 4.68 Å². The van der Waals surface area contributed by atoms with Crippen LogP contribution < -0.4 is 9.64 Å². The summed E-state index contributed by atoms with van der Waals surface area (Å²) in [5.74, 6) is 1.67. The van der Waals surface area contributed by atoms with Crippen molar-refractivity contribution in [2.75, 3.05) is 18.6 Å². The van der Waals surface area contributed by atoms with Gasteiger partial charge in [-0.1, -0.05) is 36.4 Å². The van der Waals surface area contributed by atoms with Gasteiger partial charge in [-0.2, -0.15) is 0 Å². The van der Waals surface area contributed by atoms with Crippen molar-refractivity contribution < 1.29 is 4.74 Å². The summed E-state index contributed by atoms with van der Waals surface area (Å²) in [6.45, 7) is 7.31. The minimum atomic E-state index is -0.228. The highest BCUT2D eigenvalue weighted by Gasteiger charge is 2.35. The topological polar surface area (TPSA) is 56.1 Å². The summed E-state index contributed by atoms with van der Waals surface area (Å²) < 4.78 is 7.66. The fourth-order valence-corrected chi connectivity index (χ4v) is 4.01. The Hall–Kier alpha value is -2.89. The number of aromatic nitrogens is 4. The molecule has 1 aliphatic heterocycles. The highest BCUT2D eigenvalue weighted by Crippen LogP contribution is 2.40. The van der Waals surface area contributed by atoms with E-state index in [0.717, 1.165) is 36.5 Å². The average Bonchev–Trinajstić information content (AvgIpc) is 3.19. The molecule has 1 atom stereocenters. The second-order valence-electron chi connectivity index (χ2n) is 8.19. The van der Waals surface area contributed by atoms with Crippen LogP contribution in [-0.2, 0) is 12.0 Å². The molecule has 2 aromatic carbocycles. The van der Waals surface area contributed by atoms with Crippen molar-refractivity contribution in [2.45, 2.75) is 45.2 Å². The van der Waals surface area contributed by atoms with Gasteiger partial charge in [0.05, 0.1) is 12.6 Å². The van der Waals surface area contributed by atoms with Crippen molar-refractivity contribution >= 4 is 5.69 Å². The van der Waals surface area contributed by atoms with Crippen molar-refractivity contribution in [1.29, 1.82) is 0 Å². The van der Waals surface area contributed by atoms with Crippen LogP contribution in [0.3, 0.4) is 0 Å². The van der Waals surface area contributed by atoms with Gasteiger partial charge >= 0.3 is 0 Å². The maximum Gasteiger partial charge on any atom is 0.179 e. The second-order valence-corrected chi connectivity index (χ2v) is 8.19. The van der Waals surface area contributed by atoms with E-state index in [1.54, 1.807) is 7.11 Å². The Morgan fingerprint density at radius 3 is 2.57 bits per heavy atom. The predicted molar refractivity (Wildman–Crippen MR) is 110 cm³/mol. The maximum atomic E-state index is 5.72. The highest BCUT2D eigenvalue weighted by molar-refractivity contribution is 5.59. The molecule has 6 nitrogen and oxygen atoms in total. The van der Waals surface area contributed by atoms with Gasteiger partial charge in [-0.05, 0) is 61.7 Å². The molecule has 146 valence electrons. The lowest BCUT2D eigenvalue weighted by molar-refractivity contribution is 0.327. The number of methoxy groups -OCH3 is 1. The normalized spacial score (nSPS) is 15.2. The summed E-state index contributed by atoms with van der Waals surface area (Å²) in [6.07, 6.45) is 2.19. The van der Waals surface area contributed by atoms with Gasteiger partial charge < -0.3 is 9.64 Å². The number of rotatable bonds is 4. The van der Waals surface area contributed by atoms with E-state index in [9.17, 15) is 0 Å². The molecule has 4 rings (SSSR count). The third-order valence-corrected chi connectivity index (χ3v) is 5.26. The summed E-state index contributed by atoms with van der Waals surface area (Å²) in [7, 11) is 1.72. The van der Waals surface area contributed by atoms with Crippen molar-refractivity contribution in [3.05, 3.63) is 65.5 Å². The first-order valence-corrected chi connectivity index (χ1v) is 9.77. The molecule has 0 spiro atoms. The first-order chi connectivity index (χ1) is 13.5. The van der Waals surface area contributed by atoms with Gasteiger partial charge in [0.15, 0.2) is 5.82 Å². The first kappa shape index (κ1) is 18.5. The zero-order valence-electron chi connectivity index (χ0n) is 17.0. The molecule has 0 unspecified atom stereocenters. The van der Waals surface area contributed by atoms with E-state index in [-0.39, 0.29) is 11.6 Å². The Morgan fingerprint density at radius 2 is 1.79 bits per heavy atom. The van der Waals surface area contributed by atoms with Crippen LogP contribution in [0.15, 0.2) is 48.5 Å². The predicted octanol–water partition coefficient (Wildman–Crippen LogP) is 3.98. The van der Waals surface area contributed by atoms with E-state index in [2.05, 4.69) is 71.5 Å². The summed E-state index contributed by atoms with van der Waals surface area (Å²) >= 11 is 0. The number of nitrogens with zero attached hydrogens (tertiary/aromatic N) is 5. The van der Waals surface area contributed by atoms with Gasteiger partial charge in [-0.3, -0.25) is 0 Å². The number of tetrazole rings is 1. The van der Waals surface area contributed by atoms with Crippen molar-refractivity contribution in [3.8, 4) is 5.75 Å². The number of hydrogen-bond acceptors (Lipinski definition) is 5. The molecular formula is C22H27N5O. The fraction of sp³-hybridized carbons (Fsp3) is 0.409.